The monoisotopic (exact) mass is 265 g/mol. The van der Waals surface area contributed by atoms with E-state index in [9.17, 15) is 4.79 Å². The maximum absolute atomic E-state index is 11.1. The van der Waals surface area contributed by atoms with Crippen molar-refractivity contribution in [3.8, 4) is 11.5 Å². The highest BCUT2D eigenvalue weighted by Crippen LogP contribution is 2.30. The lowest BCUT2D eigenvalue weighted by molar-refractivity contribution is -0.140. The Balaban J connectivity index is 2.01. The van der Waals surface area contributed by atoms with Crippen LogP contribution < -0.4 is 14.8 Å². The fourth-order valence-corrected chi connectivity index (χ4v) is 2.03. The van der Waals surface area contributed by atoms with Crippen LogP contribution in [0.5, 0.6) is 11.5 Å². The lowest BCUT2D eigenvalue weighted by atomic mass is 10.0. The number of carboxylic acids is 1. The molecule has 0 saturated heterocycles. The molecule has 0 aliphatic carbocycles. The van der Waals surface area contributed by atoms with Crippen LogP contribution in [-0.2, 0) is 11.3 Å². The maximum Gasteiger partial charge on any atom is 0.320 e. The molecule has 0 aromatic heterocycles. The standard InChI is InChI=1S/C14H19NO4/c1-9(2)13(14(16)17)15-8-10-3-4-11-12(7-10)19-6-5-18-11/h3-4,7,9,13,15H,5-6,8H2,1-2H3,(H,16,17)/t13-/m1/s1. The summed E-state index contributed by atoms with van der Waals surface area (Å²) in [5.41, 5.74) is 0.983. The van der Waals surface area contributed by atoms with Crippen molar-refractivity contribution in [1.82, 2.24) is 5.32 Å². The van der Waals surface area contributed by atoms with E-state index in [-0.39, 0.29) is 5.92 Å². The van der Waals surface area contributed by atoms with E-state index in [4.69, 9.17) is 14.6 Å². The van der Waals surface area contributed by atoms with Gasteiger partial charge in [0.05, 0.1) is 0 Å². The van der Waals surface area contributed by atoms with E-state index in [1.165, 1.54) is 0 Å². The predicted octanol–water partition coefficient (Wildman–Crippen LogP) is 1.66. The second kappa shape index (κ2) is 5.93. The van der Waals surface area contributed by atoms with Crippen molar-refractivity contribution in [2.75, 3.05) is 13.2 Å². The molecule has 0 saturated carbocycles. The topological polar surface area (TPSA) is 67.8 Å². The number of carbonyl (C=O) groups is 1. The van der Waals surface area contributed by atoms with Gasteiger partial charge in [-0.25, -0.2) is 0 Å². The van der Waals surface area contributed by atoms with Crippen LogP contribution in [0, 0.1) is 5.92 Å². The first-order valence-corrected chi connectivity index (χ1v) is 6.42. The summed E-state index contributed by atoms with van der Waals surface area (Å²) in [6.45, 7) is 5.38. The molecule has 19 heavy (non-hydrogen) atoms. The Kier molecular flexibility index (Phi) is 4.27. The van der Waals surface area contributed by atoms with Gasteiger partial charge in [0.15, 0.2) is 11.5 Å². The Hall–Kier alpha value is -1.75. The van der Waals surface area contributed by atoms with Crippen LogP contribution in [0.25, 0.3) is 0 Å². The second-order valence-electron chi connectivity index (χ2n) is 4.92. The molecule has 1 heterocycles. The SMILES string of the molecule is CC(C)[C@@H](NCc1ccc2c(c1)OCCO2)C(=O)O. The van der Waals surface area contributed by atoms with E-state index < -0.39 is 12.0 Å². The van der Waals surface area contributed by atoms with E-state index in [2.05, 4.69) is 5.32 Å². The van der Waals surface area contributed by atoms with E-state index >= 15 is 0 Å². The van der Waals surface area contributed by atoms with Crippen molar-refractivity contribution < 1.29 is 19.4 Å². The fraction of sp³-hybridized carbons (Fsp3) is 0.500. The van der Waals surface area contributed by atoms with E-state index in [1.54, 1.807) is 0 Å². The molecule has 0 amide bonds. The van der Waals surface area contributed by atoms with Crippen LogP contribution in [0.3, 0.4) is 0 Å². The van der Waals surface area contributed by atoms with Gasteiger partial charge in [0, 0.05) is 6.54 Å². The normalized spacial score (nSPS) is 15.3. The minimum atomic E-state index is -0.826. The summed E-state index contributed by atoms with van der Waals surface area (Å²) < 4.78 is 10.9. The van der Waals surface area contributed by atoms with Crippen molar-refractivity contribution in [2.24, 2.45) is 5.92 Å². The summed E-state index contributed by atoms with van der Waals surface area (Å²) in [6.07, 6.45) is 0. The number of hydrogen-bond donors (Lipinski definition) is 2. The molecule has 0 radical (unpaired) electrons. The average molecular weight is 265 g/mol. The molecule has 1 aliphatic heterocycles. The average Bonchev–Trinajstić information content (AvgIpc) is 2.38. The summed E-state index contributed by atoms with van der Waals surface area (Å²) in [5, 5.41) is 12.2. The number of rotatable bonds is 5. The van der Waals surface area contributed by atoms with Crippen LogP contribution >= 0.6 is 0 Å². The lowest BCUT2D eigenvalue weighted by Gasteiger charge is -2.20. The zero-order valence-electron chi connectivity index (χ0n) is 11.2. The third-order valence-electron chi connectivity index (χ3n) is 3.07. The smallest absolute Gasteiger partial charge is 0.320 e. The third kappa shape index (κ3) is 3.38. The number of nitrogens with one attached hydrogen (secondary N) is 1. The molecular formula is C14H19NO4. The molecule has 2 rings (SSSR count). The minimum absolute atomic E-state index is 0.0368. The first kappa shape index (κ1) is 13.7. The van der Waals surface area contributed by atoms with Gasteiger partial charge in [-0.1, -0.05) is 19.9 Å². The summed E-state index contributed by atoms with van der Waals surface area (Å²) >= 11 is 0. The molecule has 0 spiro atoms. The first-order chi connectivity index (χ1) is 9.08. The zero-order valence-corrected chi connectivity index (χ0v) is 11.2. The Labute approximate surface area is 112 Å². The van der Waals surface area contributed by atoms with Gasteiger partial charge in [0.2, 0.25) is 0 Å². The largest absolute Gasteiger partial charge is 0.486 e. The van der Waals surface area contributed by atoms with Gasteiger partial charge in [0.1, 0.15) is 19.3 Å². The van der Waals surface area contributed by atoms with Gasteiger partial charge in [-0.3, -0.25) is 4.79 Å². The third-order valence-corrected chi connectivity index (χ3v) is 3.07. The van der Waals surface area contributed by atoms with Gasteiger partial charge in [0.25, 0.3) is 0 Å². The van der Waals surface area contributed by atoms with Gasteiger partial charge in [-0.2, -0.15) is 0 Å². The van der Waals surface area contributed by atoms with Gasteiger partial charge >= 0.3 is 5.97 Å². The zero-order chi connectivity index (χ0) is 13.8. The van der Waals surface area contributed by atoms with Crippen molar-refractivity contribution in [2.45, 2.75) is 26.4 Å². The number of hydrogen-bond acceptors (Lipinski definition) is 4. The summed E-state index contributed by atoms with van der Waals surface area (Å²) in [7, 11) is 0. The van der Waals surface area contributed by atoms with E-state index in [1.807, 2.05) is 32.0 Å². The first-order valence-electron chi connectivity index (χ1n) is 6.42. The highest BCUT2D eigenvalue weighted by atomic mass is 16.6. The molecular weight excluding hydrogens is 246 g/mol. The Morgan fingerprint density at radius 2 is 2.00 bits per heavy atom. The number of fused-ring (bicyclic) bond motifs is 1. The number of aliphatic carboxylic acids is 1. The minimum Gasteiger partial charge on any atom is -0.486 e. The van der Waals surface area contributed by atoms with E-state index in [0.717, 1.165) is 17.1 Å². The number of ether oxygens (including phenoxy) is 2. The lowest BCUT2D eigenvalue weighted by Crippen LogP contribution is -2.40. The van der Waals surface area contributed by atoms with Crippen LogP contribution in [-0.4, -0.2) is 30.3 Å². The highest BCUT2D eigenvalue weighted by molar-refractivity contribution is 5.73. The molecule has 1 atom stereocenters. The summed E-state index contributed by atoms with van der Waals surface area (Å²) in [6, 6.07) is 5.12. The highest BCUT2D eigenvalue weighted by Gasteiger charge is 2.20. The Morgan fingerprint density at radius 1 is 1.32 bits per heavy atom. The molecule has 5 heteroatoms. The van der Waals surface area contributed by atoms with Crippen molar-refractivity contribution >= 4 is 5.97 Å². The van der Waals surface area contributed by atoms with Gasteiger partial charge < -0.3 is 19.9 Å². The van der Waals surface area contributed by atoms with Crippen molar-refractivity contribution in [3.05, 3.63) is 23.8 Å². The van der Waals surface area contributed by atoms with Crippen molar-refractivity contribution in [1.29, 1.82) is 0 Å². The molecule has 5 nitrogen and oxygen atoms in total. The molecule has 1 aromatic carbocycles. The molecule has 0 unspecified atom stereocenters. The fourth-order valence-electron chi connectivity index (χ4n) is 2.03. The quantitative estimate of drug-likeness (QED) is 0.847. The van der Waals surface area contributed by atoms with Gasteiger partial charge in [-0.15, -0.1) is 0 Å². The molecule has 0 fully saturated rings. The van der Waals surface area contributed by atoms with Crippen LogP contribution in [0.4, 0.5) is 0 Å². The molecule has 1 aromatic rings. The molecule has 2 N–H and O–H groups in total. The molecule has 104 valence electrons. The predicted molar refractivity (Wildman–Crippen MR) is 70.5 cm³/mol. The Morgan fingerprint density at radius 3 is 2.63 bits per heavy atom. The molecule has 1 aliphatic rings. The Bertz CT molecular complexity index is 459. The van der Waals surface area contributed by atoms with Gasteiger partial charge in [-0.05, 0) is 23.6 Å². The van der Waals surface area contributed by atoms with Crippen LogP contribution in [0.1, 0.15) is 19.4 Å². The van der Waals surface area contributed by atoms with Crippen LogP contribution in [0.15, 0.2) is 18.2 Å². The summed E-state index contributed by atoms with van der Waals surface area (Å²) in [4.78, 5) is 11.1. The summed E-state index contributed by atoms with van der Waals surface area (Å²) in [5.74, 6) is 0.679. The van der Waals surface area contributed by atoms with E-state index in [0.29, 0.717) is 19.8 Å². The number of carboxylic acid groups (broad SMARTS) is 1. The molecule has 0 bridgehead atoms. The second-order valence-corrected chi connectivity index (χ2v) is 4.92. The van der Waals surface area contributed by atoms with Crippen molar-refractivity contribution in [3.63, 3.8) is 0 Å². The van der Waals surface area contributed by atoms with Crippen LogP contribution in [0.2, 0.25) is 0 Å². The number of benzene rings is 1. The maximum atomic E-state index is 11.1.